The molecular formula is C38H34N8O4. The van der Waals surface area contributed by atoms with Gasteiger partial charge in [-0.15, -0.1) is 0 Å². The zero-order valence-corrected chi connectivity index (χ0v) is 27.1. The van der Waals surface area contributed by atoms with Crippen LogP contribution in [0.25, 0.3) is 22.6 Å². The number of nitrogens with zero attached hydrogens (tertiary/aromatic N) is 6. The maximum absolute atomic E-state index is 13.1. The standard InChI is InChI=1S/C38H34N8O4/c39-44-43-32-19-13-29(14-20-32)38(50)46-23-3-6-34(46)37(49)42-31-17-11-27(12-18-31)8-7-26-9-15-30(16-10-26)41-36(48)33-5-2-22-45(33)35(47)24-28-4-1-21-40-25-28/h1,3-4,6-21,25,33-34H,2,5,22-24H2,(H,41,48)(H,42,49)/t33-,34-/m0/s1. The van der Waals surface area contributed by atoms with Gasteiger partial charge in [0.05, 0.1) is 6.42 Å². The first-order chi connectivity index (χ1) is 24.4. The van der Waals surface area contributed by atoms with E-state index in [4.69, 9.17) is 5.53 Å². The van der Waals surface area contributed by atoms with Gasteiger partial charge in [0, 0.05) is 53.0 Å². The zero-order valence-electron chi connectivity index (χ0n) is 27.1. The lowest BCUT2D eigenvalue weighted by atomic mass is 10.1. The lowest BCUT2D eigenvalue weighted by Crippen LogP contribution is -2.43. The van der Waals surface area contributed by atoms with Gasteiger partial charge in [-0.3, -0.25) is 24.2 Å². The van der Waals surface area contributed by atoms with Crippen LogP contribution in [-0.2, 0) is 20.8 Å². The van der Waals surface area contributed by atoms with Crippen molar-refractivity contribution in [3.63, 3.8) is 0 Å². The van der Waals surface area contributed by atoms with Gasteiger partial charge < -0.3 is 20.4 Å². The first-order valence-electron chi connectivity index (χ1n) is 16.2. The Morgan fingerprint density at radius 3 is 2.14 bits per heavy atom. The third kappa shape index (κ3) is 8.12. The summed E-state index contributed by atoms with van der Waals surface area (Å²) in [5.74, 6) is -0.906. The maximum Gasteiger partial charge on any atom is 0.255 e. The summed E-state index contributed by atoms with van der Waals surface area (Å²) in [5, 5.41) is 9.36. The second kappa shape index (κ2) is 15.6. The van der Waals surface area contributed by atoms with Gasteiger partial charge in [0.1, 0.15) is 12.1 Å². The fourth-order valence-corrected chi connectivity index (χ4v) is 5.95. The van der Waals surface area contributed by atoms with E-state index < -0.39 is 12.1 Å². The number of hydrogen-bond donors (Lipinski definition) is 2. The first-order valence-corrected chi connectivity index (χ1v) is 16.2. The number of carbonyl (C=O) groups excluding carboxylic acids is 4. The summed E-state index contributed by atoms with van der Waals surface area (Å²) in [4.78, 5) is 62.1. The van der Waals surface area contributed by atoms with Crippen LogP contribution < -0.4 is 10.6 Å². The lowest BCUT2D eigenvalue weighted by Gasteiger charge is -2.24. The smallest absolute Gasteiger partial charge is 0.255 e. The SMILES string of the molecule is [N-]=[N+]=Nc1ccc(C(=O)N2CC=C[C@H]2C(=O)Nc2ccc(C=Cc3ccc(NC(=O)[C@@H]4CCCN4C(=O)Cc4cccnc4)cc3)cc2)cc1. The van der Waals surface area contributed by atoms with Crippen molar-refractivity contribution >= 4 is 52.8 Å². The summed E-state index contributed by atoms with van der Waals surface area (Å²) in [6, 6.07) is 23.4. The second-order valence-electron chi connectivity index (χ2n) is 11.9. The Balaban J connectivity index is 0.996. The van der Waals surface area contributed by atoms with E-state index in [2.05, 4.69) is 25.6 Å². The van der Waals surface area contributed by atoms with Gasteiger partial charge in [0.15, 0.2) is 0 Å². The Bertz CT molecular complexity index is 1970. The van der Waals surface area contributed by atoms with Crippen LogP contribution >= 0.6 is 0 Å². The fraction of sp³-hybridized carbons (Fsp3) is 0.184. The average Bonchev–Trinajstić information content (AvgIpc) is 3.84. The van der Waals surface area contributed by atoms with Gasteiger partial charge in [0.2, 0.25) is 11.8 Å². The van der Waals surface area contributed by atoms with Crippen molar-refractivity contribution < 1.29 is 19.2 Å². The monoisotopic (exact) mass is 666 g/mol. The number of amides is 4. The summed E-state index contributed by atoms with van der Waals surface area (Å²) in [6.45, 7) is 0.865. The van der Waals surface area contributed by atoms with Crippen LogP contribution in [0.1, 0.15) is 39.9 Å². The number of carbonyl (C=O) groups is 4. The second-order valence-corrected chi connectivity index (χ2v) is 11.9. The largest absolute Gasteiger partial charge is 0.330 e. The van der Waals surface area contributed by atoms with Crippen molar-refractivity contribution in [3.8, 4) is 0 Å². The molecule has 4 aromatic rings. The van der Waals surface area contributed by atoms with Gasteiger partial charge in [-0.2, -0.15) is 0 Å². The predicted molar refractivity (Wildman–Crippen MR) is 191 cm³/mol. The minimum atomic E-state index is -0.761. The fourth-order valence-electron chi connectivity index (χ4n) is 5.95. The summed E-state index contributed by atoms with van der Waals surface area (Å²) >= 11 is 0. The third-order valence-electron chi connectivity index (χ3n) is 8.54. The highest BCUT2D eigenvalue weighted by Gasteiger charge is 2.34. The van der Waals surface area contributed by atoms with Crippen molar-refractivity contribution in [2.24, 2.45) is 5.11 Å². The first kappa shape index (κ1) is 33.4. The number of azide groups is 1. The van der Waals surface area contributed by atoms with Crippen LogP contribution in [0.15, 0.2) is 115 Å². The molecular weight excluding hydrogens is 632 g/mol. The van der Waals surface area contributed by atoms with E-state index in [0.717, 1.165) is 23.1 Å². The van der Waals surface area contributed by atoms with Crippen LogP contribution in [0, 0.1) is 0 Å². The molecule has 6 rings (SSSR count). The Morgan fingerprint density at radius 1 is 0.860 bits per heavy atom. The number of aromatic nitrogens is 1. The molecule has 1 fully saturated rings. The molecule has 250 valence electrons. The molecule has 2 aliphatic heterocycles. The molecule has 2 N–H and O–H groups in total. The average molecular weight is 667 g/mol. The van der Waals surface area contributed by atoms with Gasteiger partial charge in [-0.05, 0) is 77.5 Å². The Kier molecular flexibility index (Phi) is 10.4. The molecule has 1 saturated heterocycles. The summed E-state index contributed by atoms with van der Waals surface area (Å²) < 4.78 is 0. The van der Waals surface area contributed by atoms with Gasteiger partial charge in [0.25, 0.3) is 11.8 Å². The summed E-state index contributed by atoms with van der Waals surface area (Å²) in [5.41, 5.74) is 13.3. The molecule has 50 heavy (non-hydrogen) atoms. The third-order valence-corrected chi connectivity index (χ3v) is 8.54. The minimum absolute atomic E-state index is 0.0794. The molecule has 12 nitrogen and oxygen atoms in total. The summed E-state index contributed by atoms with van der Waals surface area (Å²) in [6.07, 6.45) is 12.3. The maximum atomic E-state index is 13.1. The molecule has 0 unspecified atom stereocenters. The molecule has 3 aromatic carbocycles. The molecule has 0 radical (unpaired) electrons. The van der Waals surface area contributed by atoms with E-state index in [9.17, 15) is 19.2 Å². The Hall–Kier alpha value is -6.52. The highest BCUT2D eigenvalue weighted by molar-refractivity contribution is 6.03. The Morgan fingerprint density at radius 2 is 1.52 bits per heavy atom. The van der Waals surface area contributed by atoms with Crippen molar-refractivity contribution in [2.75, 3.05) is 23.7 Å². The summed E-state index contributed by atoms with van der Waals surface area (Å²) in [7, 11) is 0. The molecule has 1 aromatic heterocycles. The van der Waals surface area contributed by atoms with Gasteiger partial charge in [-0.1, -0.05) is 71.9 Å². The molecule has 2 aliphatic rings. The van der Waals surface area contributed by atoms with E-state index in [-0.39, 0.29) is 30.0 Å². The van der Waals surface area contributed by atoms with E-state index in [1.54, 1.807) is 71.9 Å². The number of pyridine rings is 1. The number of anilines is 2. The lowest BCUT2D eigenvalue weighted by molar-refractivity contribution is -0.136. The number of likely N-dealkylation sites (tertiary alicyclic amines) is 1. The molecule has 0 aliphatic carbocycles. The van der Waals surface area contributed by atoms with Gasteiger partial charge >= 0.3 is 0 Å². The molecule has 3 heterocycles. The quantitative estimate of drug-likeness (QED) is 0.0659. The van der Waals surface area contributed by atoms with E-state index in [0.29, 0.717) is 42.1 Å². The topological polar surface area (TPSA) is 160 Å². The molecule has 2 atom stereocenters. The molecule has 0 bridgehead atoms. The minimum Gasteiger partial charge on any atom is -0.330 e. The number of rotatable bonds is 10. The number of benzene rings is 3. The van der Waals surface area contributed by atoms with Crippen LogP contribution in [0.3, 0.4) is 0 Å². The van der Waals surface area contributed by atoms with E-state index in [1.807, 2.05) is 54.6 Å². The van der Waals surface area contributed by atoms with Crippen molar-refractivity contribution in [1.82, 2.24) is 14.8 Å². The van der Waals surface area contributed by atoms with E-state index >= 15 is 0 Å². The van der Waals surface area contributed by atoms with Crippen LogP contribution in [0.5, 0.6) is 0 Å². The van der Waals surface area contributed by atoms with Crippen LogP contribution in [0.2, 0.25) is 0 Å². The van der Waals surface area contributed by atoms with Gasteiger partial charge in [-0.25, -0.2) is 0 Å². The molecule has 12 heteroatoms. The molecule has 0 saturated carbocycles. The zero-order chi connectivity index (χ0) is 34.9. The highest BCUT2D eigenvalue weighted by Crippen LogP contribution is 2.23. The molecule has 4 amide bonds. The van der Waals surface area contributed by atoms with Crippen molar-refractivity contribution in [2.45, 2.75) is 31.3 Å². The van der Waals surface area contributed by atoms with Crippen LogP contribution in [0.4, 0.5) is 17.1 Å². The highest BCUT2D eigenvalue weighted by atomic mass is 16.2. The van der Waals surface area contributed by atoms with Crippen molar-refractivity contribution in [1.29, 1.82) is 0 Å². The number of hydrogen-bond acceptors (Lipinski definition) is 6. The normalized spacial score (nSPS) is 16.6. The van der Waals surface area contributed by atoms with Crippen LogP contribution in [-0.4, -0.2) is 63.6 Å². The van der Waals surface area contributed by atoms with E-state index in [1.165, 1.54) is 4.90 Å². The predicted octanol–water partition coefficient (Wildman–Crippen LogP) is 6.39. The number of nitrogens with one attached hydrogen (secondary N) is 2. The molecule has 0 spiro atoms. The Labute approximate surface area is 288 Å². The van der Waals surface area contributed by atoms with Crippen molar-refractivity contribution in [3.05, 3.63) is 142 Å².